The molecule has 18 heavy (non-hydrogen) atoms. The van der Waals surface area contributed by atoms with Crippen LogP contribution in [-0.4, -0.2) is 24.8 Å². The minimum atomic E-state index is 0.462. The molecule has 1 saturated heterocycles. The third-order valence-electron chi connectivity index (χ3n) is 4.07. The van der Waals surface area contributed by atoms with Gasteiger partial charge in [0.05, 0.1) is 6.10 Å². The molecule has 1 aliphatic heterocycles. The summed E-state index contributed by atoms with van der Waals surface area (Å²) in [4.78, 5) is 0. The van der Waals surface area contributed by atoms with Gasteiger partial charge in [-0.3, -0.25) is 0 Å². The van der Waals surface area contributed by atoms with E-state index in [0.29, 0.717) is 24.1 Å². The molecule has 0 radical (unpaired) electrons. The summed E-state index contributed by atoms with van der Waals surface area (Å²) >= 11 is 0. The highest BCUT2D eigenvalue weighted by molar-refractivity contribution is 4.80. The summed E-state index contributed by atoms with van der Waals surface area (Å²) in [6.07, 6.45) is 9.65. The first-order valence-corrected chi connectivity index (χ1v) is 8.01. The van der Waals surface area contributed by atoms with Crippen molar-refractivity contribution in [3.05, 3.63) is 0 Å². The fourth-order valence-electron chi connectivity index (χ4n) is 2.81. The van der Waals surface area contributed by atoms with Crippen LogP contribution < -0.4 is 5.32 Å². The van der Waals surface area contributed by atoms with Crippen molar-refractivity contribution in [3.63, 3.8) is 0 Å². The summed E-state index contributed by atoms with van der Waals surface area (Å²) in [7, 11) is 0. The fraction of sp³-hybridized carbons (Fsp3) is 1.00. The van der Waals surface area contributed by atoms with Gasteiger partial charge in [-0.1, -0.05) is 46.5 Å². The second-order valence-corrected chi connectivity index (χ2v) is 6.29. The lowest BCUT2D eigenvalue weighted by molar-refractivity contribution is -0.0257. The van der Waals surface area contributed by atoms with E-state index in [9.17, 15) is 0 Å². The van der Waals surface area contributed by atoms with Crippen molar-refractivity contribution in [1.29, 1.82) is 0 Å². The summed E-state index contributed by atoms with van der Waals surface area (Å²) < 4.78 is 5.82. The molecule has 1 fully saturated rings. The van der Waals surface area contributed by atoms with Crippen molar-refractivity contribution < 1.29 is 4.74 Å². The Hall–Kier alpha value is -0.0800. The summed E-state index contributed by atoms with van der Waals surface area (Å²) in [6.45, 7) is 10.1. The maximum Gasteiger partial charge on any atom is 0.0612 e. The minimum absolute atomic E-state index is 0.462. The lowest BCUT2D eigenvalue weighted by atomic mass is 9.94. The molecule has 0 spiro atoms. The van der Waals surface area contributed by atoms with Gasteiger partial charge in [-0.15, -0.1) is 0 Å². The van der Waals surface area contributed by atoms with Crippen molar-refractivity contribution in [2.75, 3.05) is 6.61 Å². The van der Waals surface area contributed by atoms with Gasteiger partial charge < -0.3 is 10.1 Å². The van der Waals surface area contributed by atoms with Crippen LogP contribution in [0.25, 0.3) is 0 Å². The molecule has 0 bridgehead atoms. The summed E-state index contributed by atoms with van der Waals surface area (Å²) in [5.74, 6) is 0.648. The molecule has 0 aromatic carbocycles. The summed E-state index contributed by atoms with van der Waals surface area (Å²) in [6, 6.07) is 1.34. The molecule has 0 aromatic rings. The molecule has 0 aromatic heterocycles. The van der Waals surface area contributed by atoms with Crippen molar-refractivity contribution in [3.8, 4) is 0 Å². The van der Waals surface area contributed by atoms with E-state index in [2.05, 4.69) is 33.0 Å². The van der Waals surface area contributed by atoms with Crippen LogP contribution >= 0.6 is 0 Å². The quantitative estimate of drug-likeness (QED) is 0.658. The Morgan fingerprint density at radius 2 is 1.94 bits per heavy atom. The van der Waals surface area contributed by atoms with Gasteiger partial charge in [-0.2, -0.15) is 0 Å². The van der Waals surface area contributed by atoms with E-state index in [1.54, 1.807) is 0 Å². The second kappa shape index (κ2) is 8.92. The predicted octanol–water partition coefficient (Wildman–Crippen LogP) is 4.14. The highest BCUT2D eigenvalue weighted by Gasteiger charge is 2.25. The molecule has 3 atom stereocenters. The Morgan fingerprint density at radius 3 is 2.61 bits per heavy atom. The Kier molecular flexibility index (Phi) is 7.92. The van der Waals surface area contributed by atoms with Crippen LogP contribution in [0.2, 0.25) is 0 Å². The van der Waals surface area contributed by atoms with Crippen LogP contribution in [0.5, 0.6) is 0 Å². The topological polar surface area (TPSA) is 21.3 Å². The van der Waals surface area contributed by atoms with E-state index in [-0.39, 0.29) is 0 Å². The van der Waals surface area contributed by atoms with Crippen molar-refractivity contribution in [2.24, 2.45) is 5.92 Å². The summed E-state index contributed by atoms with van der Waals surface area (Å²) in [5.41, 5.74) is 0. The molecule has 2 nitrogen and oxygen atoms in total. The van der Waals surface area contributed by atoms with Crippen LogP contribution in [0.3, 0.4) is 0 Å². The number of unbranched alkanes of at least 4 members (excludes halogenated alkanes) is 3. The number of rotatable bonds is 8. The molecule has 1 aliphatic rings. The highest BCUT2D eigenvalue weighted by Crippen LogP contribution is 2.21. The lowest BCUT2D eigenvalue weighted by Crippen LogP contribution is -2.44. The number of hydrogen-bond acceptors (Lipinski definition) is 2. The molecule has 1 heterocycles. The molecule has 0 saturated carbocycles. The van der Waals surface area contributed by atoms with Gasteiger partial charge >= 0.3 is 0 Å². The molecule has 2 heteroatoms. The van der Waals surface area contributed by atoms with Crippen molar-refractivity contribution >= 4 is 0 Å². The molecule has 1 rings (SSSR count). The second-order valence-electron chi connectivity index (χ2n) is 6.29. The SMILES string of the molecule is CCCCCCC(C)NC1CCOC(C(C)C)C1. The van der Waals surface area contributed by atoms with E-state index in [1.807, 2.05) is 0 Å². The number of nitrogens with one attached hydrogen (secondary N) is 1. The van der Waals surface area contributed by atoms with Crippen molar-refractivity contribution in [1.82, 2.24) is 5.32 Å². The van der Waals surface area contributed by atoms with Gasteiger partial charge in [0.2, 0.25) is 0 Å². The maximum absolute atomic E-state index is 5.82. The molecule has 108 valence electrons. The van der Waals surface area contributed by atoms with Crippen LogP contribution in [0, 0.1) is 5.92 Å². The van der Waals surface area contributed by atoms with E-state index in [4.69, 9.17) is 4.74 Å². The Labute approximate surface area is 114 Å². The first-order valence-electron chi connectivity index (χ1n) is 8.01. The largest absolute Gasteiger partial charge is 0.378 e. The molecule has 1 N–H and O–H groups in total. The van der Waals surface area contributed by atoms with Gasteiger partial charge in [0.1, 0.15) is 0 Å². The summed E-state index contributed by atoms with van der Waals surface area (Å²) in [5, 5.41) is 3.80. The first kappa shape index (κ1) is 16.0. The zero-order valence-corrected chi connectivity index (χ0v) is 12.9. The van der Waals surface area contributed by atoms with Gasteiger partial charge in [0.15, 0.2) is 0 Å². The average molecular weight is 255 g/mol. The molecule has 0 amide bonds. The zero-order valence-electron chi connectivity index (χ0n) is 12.9. The third-order valence-corrected chi connectivity index (χ3v) is 4.07. The molecular weight excluding hydrogens is 222 g/mol. The minimum Gasteiger partial charge on any atom is -0.378 e. The van der Waals surface area contributed by atoms with E-state index in [1.165, 1.54) is 44.9 Å². The predicted molar refractivity (Wildman–Crippen MR) is 79.0 cm³/mol. The number of ether oxygens (including phenoxy) is 1. The van der Waals surface area contributed by atoms with Crippen LogP contribution in [0.4, 0.5) is 0 Å². The zero-order chi connectivity index (χ0) is 13.4. The van der Waals surface area contributed by atoms with Gasteiger partial charge in [0, 0.05) is 18.7 Å². The lowest BCUT2D eigenvalue weighted by Gasteiger charge is -2.34. The molecular formula is C16H33NO. The van der Waals surface area contributed by atoms with E-state index >= 15 is 0 Å². The number of hydrogen-bond donors (Lipinski definition) is 1. The van der Waals surface area contributed by atoms with Gasteiger partial charge in [-0.25, -0.2) is 0 Å². The molecule has 0 aliphatic carbocycles. The monoisotopic (exact) mass is 255 g/mol. The maximum atomic E-state index is 5.82. The van der Waals surface area contributed by atoms with E-state index in [0.717, 1.165) is 6.61 Å². The fourth-order valence-corrected chi connectivity index (χ4v) is 2.81. The van der Waals surface area contributed by atoms with Crippen LogP contribution in [0.1, 0.15) is 72.6 Å². The highest BCUT2D eigenvalue weighted by atomic mass is 16.5. The Morgan fingerprint density at radius 1 is 1.17 bits per heavy atom. The van der Waals surface area contributed by atoms with Crippen LogP contribution in [-0.2, 0) is 4.74 Å². The molecule has 3 unspecified atom stereocenters. The van der Waals surface area contributed by atoms with E-state index < -0.39 is 0 Å². The van der Waals surface area contributed by atoms with Crippen LogP contribution in [0.15, 0.2) is 0 Å². The Balaban J connectivity index is 2.16. The standard InChI is InChI=1S/C16H33NO/c1-5-6-7-8-9-14(4)17-15-10-11-18-16(12-15)13(2)3/h13-17H,5-12H2,1-4H3. The average Bonchev–Trinajstić information content (AvgIpc) is 2.35. The normalized spacial score (nSPS) is 26.5. The van der Waals surface area contributed by atoms with Gasteiger partial charge in [-0.05, 0) is 32.1 Å². The third kappa shape index (κ3) is 6.19. The smallest absolute Gasteiger partial charge is 0.0612 e. The Bertz CT molecular complexity index is 205. The first-order chi connectivity index (χ1) is 8.63. The van der Waals surface area contributed by atoms with Gasteiger partial charge in [0.25, 0.3) is 0 Å². The van der Waals surface area contributed by atoms with Crippen molar-refractivity contribution in [2.45, 2.75) is 90.8 Å².